The van der Waals surface area contributed by atoms with Gasteiger partial charge in [-0.2, -0.15) is 0 Å². The van der Waals surface area contributed by atoms with Crippen molar-refractivity contribution in [2.24, 2.45) is 5.73 Å². The summed E-state index contributed by atoms with van der Waals surface area (Å²) in [5.41, 5.74) is 7.86. The van der Waals surface area contributed by atoms with Crippen molar-refractivity contribution < 1.29 is 9.47 Å². The zero-order valence-corrected chi connectivity index (χ0v) is 13.0. The van der Waals surface area contributed by atoms with Crippen LogP contribution >= 0.6 is 15.9 Å². The summed E-state index contributed by atoms with van der Waals surface area (Å²) in [5.74, 6) is 2.07. The van der Waals surface area contributed by atoms with Gasteiger partial charge in [0.15, 0.2) is 11.5 Å². The van der Waals surface area contributed by atoms with Crippen molar-refractivity contribution in [2.45, 2.75) is 26.2 Å². The van der Waals surface area contributed by atoms with Crippen molar-refractivity contribution in [1.29, 1.82) is 0 Å². The number of ether oxygens (including phenoxy) is 2. The highest BCUT2D eigenvalue weighted by atomic mass is 79.9. The summed E-state index contributed by atoms with van der Waals surface area (Å²) in [6, 6.07) is 1.99. The molecule has 104 valence electrons. The van der Waals surface area contributed by atoms with Crippen molar-refractivity contribution in [3.63, 3.8) is 0 Å². The summed E-state index contributed by atoms with van der Waals surface area (Å²) in [4.78, 5) is 0. The average Bonchev–Trinajstić information content (AvgIpc) is 2.60. The lowest BCUT2D eigenvalue weighted by Crippen LogP contribution is -2.02. The molecule has 1 aliphatic rings. The Labute approximate surface area is 122 Å². The molecule has 4 heteroatoms. The van der Waals surface area contributed by atoms with Crippen LogP contribution in [-0.2, 0) is 0 Å². The van der Waals surface area contributed by atoms with Gasteiger partial charge in [0.25, 0.3) is 0 Å². The molecule has 1 aliphatic heterocycles. The zero-order chi connectivity index (χ0) is 13.8. The maximum absolute atomic E-state index is 5.91. The van der Waals surface area contributed by atoms with Gasteiger partial charge in [0, 0.05) is 23.0 Å². The minimum absolute atomic E-state index is 0.352. The molecule has 1 heterocycles. The fraction of sp³-hybridized carbons (Fsp3) is 0.467. The first-order valence-electron chi connectivity index (χ1n) is 6.63. The third-order valence-corrected chi connectivity index (χ3v) is 3.72. The van der Waals surface area contributed by atoms with Crippen LogP contribution in [0.25, 0.3) is 6.08 Å². The molecule has 0 saturated heterocycles. The molecule has 3 nitrogen and oxygen atoms in total. The number of rotatable bonds is 3. The number of halogens is 1. The average molecular weight is 326 g/mol. The Morgan fingerprint density at radius 1 is 1.37 bits per heavy atom. The van der Waals surface area contributed by atoms with Crippen molar-refractivity contribution in [3.05, 3.63) is 27.7 Å². The summed E-state index contributed by atoms with van der Waals surface area (Å²) < 4.78 is 12.7. The fourth-order valence-corrected chi connectivity index (χ4v) is 2.80. The van der Waals surface area contributed by atoms with Gasteiger partial charge in [-0.1, -0.05) is 41.9 Å². The number of hydrogen-bond donors (Lipinski definition) is 1. The lowest BCUT2D eigenvalue weighted by atomic mass is 9.95. The van der Waals surface area contributed by atoms with Crippen LogP contribution in [-0.4, -0.2) is 19.8 Å². The first-order valence-corrected chi connectivity index (χ1v) is 7.43. The van der Waals surface area contributed by atoms with Gasteiger partial charge in [0.2, 0.25) is 0 Å². The molecule has 0 amide bonds. The van der Waals surface area contributed by atoms with Crippen LogP contribution in [0.3, 0.4) is 0 Å². The van der Waals surface area contributed by atoms with Gasteiger partial charge in [-0.3, -0.25) is 0 Å². The summed E-state index contributed by atoms with van der Waals surface area (Å²) in [5, 5.41) is 0. The topological polar surface area (TPSA) is 44.5 Å². The zero-order valence-electron chi connectivity index (χ0n) is 11.4. The standard InChI is InChI=1S/C15H20BrNO2/c1-10(2)14-11(5-3-6-17)12(16)9-13-15(14)19-8-4-7-18-13/h3,5,9-10H,4,6-8,17H2,1-2H3/b5-3+. The summed E-state index contributed by atoms with van der Waals surface area (Å²) in [6.45, 7) is 6.26. The molecule has 2 N–H and O–H groups in total. The Morgan fingerprint density at radius 3 is 2.79 bits per heavy atom. The first-order chi connectivity index (χ1) is 9.15. The lowest BCUT2D eigenvalue weighted by Gasteiger charge is -2.19. The normalized spacial score (nSPS) is 15.0. The van der Waals surface area contributed by atoms with E-state index in [-0.39, 0.29) is 0 Å². The molecule has 0 radical (unpaired) electrons. The molecule has 19 heavy (non-hydrogen) atoms. The molecule has 0 bridgehead atoms. The van der Waals surface area contributed by atoms with Crippen LogP contribution in [0.1, 0.15) is 37.3 Å². The van der Waals surface area contributed by atoms with Gasteiger partial charge in [-0.05, 0) is 17.5 Å². The van der Waals surface area contributed by atoms with E-state index in [0.29, 0.717) is 25.7 Å². The molecule has 0 unspecified atom stereocenters. The Hall–Kier alpha value is -1.00. The van der Waals surface area contributed by atoms with Gasteiger partial charge in [-0.25, -0.2) is 0 Å². The molecular weight excluding hydrogens is 306 g/mol. The SMILES string of the molecule is CC(C)c1c(/C=C/CN)c(Br)cc2c1OCCCO2. The van der Waals surface area contributed by atoms with Crippen molar-refractivity contribution in [1.82, 2.24) is 0 Å². The van der Waals surface area contributed by atoms with Crippen molar-refractivity contribution in [2.75, 3.05) is 19.8 Å². The highest BCUT2D eigenvalue weighted by Gasteiger charge is 2.22. The smallest absolute Gasteiger partial charge is 0.165 e. The largest absolute Gasteiger partial charge is 0.490 e. The second-order valence-corrected chi connectivity index (χ2v) is 5.71. The van der Waals surface area contributed by atoms with Gasteiger partial charge in [-0.15, -0.1) is 0 Å². The Bertz CT molecular complexity index is 484. The number of fused-ring (bicyclic) bond motifs is 1. The van der Waals surface area contributed by atoms with E-state index in [4.69, 9.17) is 15.2 Å². The lowest BCUT2D eigenvalue weighted by molar-refractivity contribution is 0.296. The molecule has 1 aromatic carbocycles. The Kier molecular flexibility index (Phi) is 4.88. The summed E-state index contributed by atoms with van der Waals surface area (Å²) in [7, 11) is 0. The maximum Gasteiger partial charge on any atom is 0.165 e. The van der Waals surface area contributed by atoms with E-state index in [1.54, 1.807) is 0 Å². The molecule has 0 spiro atoms. The second-order valence-electron chi connectivity index (χ2n) is 4.86. The maximum atomic E-state index is 5.91. The highest BCUT2D eigenvalue weighted by molar-refractivity contribution is 9.10. The molecule has 0 aromatic heterocycles. The predicted molar refractivity (Wildman–Crippen MR) is 81.9 cm³/mol. The molecule has 2 rings (SSSR count). The van der Waals surface area contributed by atoms with Gasteiger partial charge in [0.05, 0.1) is 13.2 Å². The Morgan fingerprint density at radius 2 is 2.11 bits per heavy atom. The van der Waals surface area contributed by atoms with Crippen LogP contribution in [0.2, 0.25) is 0 Å². The first kappa shape index (κ1) is 14.4. The van der Waals surface area contributed by atoms with Crippen LogP contribution in [0.4, 0.5) is 0 Å². The summed E-state index contributed by atoms with van der Waals surface area (Å²) >= 11 is 3.62. The molecule has 0 atom stereocenters. The third-order valence-electron chi connectivity index (χ3n) is 3.06. The molecule has 0 fully saturated rings. The monoisotopic (exact) mass is 325 g/mol. The van der Waals surface area contributed by atoms with E-state index in [0.717, 1.165) is 28.0 Å². The van der Waals surface area contributed by atoms with E-state index >= 15 is 0 Å². The minimum Gasteiger partial charge on any atom is -0.490 e. The minimum atomic E-state index is 0.352. The van der Waals surface area contributed by atoms with E-state index < -0.39 is 0 Å². The van der Waals surface area contributed by atoms with Gasteiger partial charge < -0.3 is 15.2 Å². The van der Waals surface area contributed by atoms with Crippen LogP contribution in [0.5, 0.6) is 11.5 Å². The Balaban J connectivity index is 2.60. The number of hydrogen-bond acceptors (Lipinski definition) is 3. The fourth-order valence-electron chi connectivity index (χ4n) is 2.24. The van der Waals surface area contributed by atoms with Crippen molar-refractivity contribution in [3.8, 4) is 11.5 Å². The molecule has 0 aliphatic carbocycles. The van der Waals surface area contributed by atoms with Crippen LogP contribution in [0.15, 0.2) is 16.6 Å². The van der Waals surface area contributed by atoms with E-state index in [1.807, 2.05) is 18.2 Å². The quantitative estimate of drug-likeness (QED) is 0.921. The van der Waals surface area contributed by atoms with E-state index in [2.05, 4.69) is 29.8 Å². The van der Waals surface area contributed by atoms with Crippen LogP contribution in [0, 0.1) is 0 Å². The molecule has 0 saturated carbocycles. The van der Waals surface area contributed by atoms with Crippen molar-refractivity contribution >= 4 is 22.0 Å². The number of benzene rings is 1. The van der Waals surface area contributed by atoms with E-state index in [1.165, 1.54) is 5.56 Å². The summed E-state index contributed by atoms with van der Waals surface area (Å²) in [6.07, 6.45) is 4.92. The predicted octanol–water partition coefficient (Wildman–Crippen LogP) is 3.71. The second kappa shape index (κ2) is 6.44. The van der Waals surface area contributed by atoms with Gasteiger partial charge in [0.1, 0.15) is 0 Å². The molecular formula is C15H20BrNO2. The highest BCUT2D eigenvalue weighted by Crippen LogP contribution is 2.43. The molecule has 1 aromatic rings. The van der Waals surface area contributed by atoms with Gasteiger partial charge >= 0.3 is 0 Å². The number of nitrogens with two attached hydrogens (primary N) is 1. The van der Waals surface area contributed by atoms with E-state index in [9.17, 15) is 0 Å². The third kappa shape index (κ3) is 3.12. The van der Waals surface area contributed by atoms with Crippen LogP contribution < -0.4 is 15.2 Å².